The van der Waals surface area contributed by atoms with E-state index < -0.39 is 5.97 Å². The highest BCUT2D eigenvalue weighted by atomic mass is 16.4. The molecule has 0 aromatic carbocycles. The summed E-state index contributed by atoms with van der Waals surface area (Å²) >= 11 is 0. The number of carboxylic acids is 1. The molecule has 1 aromatic rings. The average Bonchev–Trinajstić information content (AvgIpc) is 2.03. The lowest BCUT2D eigenvalue weighted by atomic mass is 9.91. The summed E-state index contributed by atoms with van der Waals surface area (Å²) in [6, 6.07) is 5.06. The van der Waals surface area contributed by atoms with Crippen LogP contribution in [0.15, 0.2) is 18.2 Å². The van der Waals surface area contributed by atoms with Crippen LogP contribution in [0.3, 0.4) is 0 Å². The van der Waals surface area contributed by atoms with Gasteiger partial charge in [-0.2, -0.15) is 0 Å². The molecule has 0 amide bonds. The number of carboxylic acid groups (broad SMARTS) is 1. The van der Waals surface area contributed by atoms with Crippen molar-refractivity contribution >= 4 is 5.97 Å². The maximum absolute atomic E-state index is 10.6. The van der Waals surface area contributed by atoms with Crippen molar-refractivity contribution in [2.45, 2.75) is 26.2 Å². The minimum Gasteiger partial charge on any atom is -0.477 e. The van der Waals surface area contributed by atoms with Crippen LogP contribution in [0.25, 0.3) is 0 Å². The van der Waals surface area contributed by atoms with E-state index in [1.807, 2.05) is 26.8 Å². The third-order valence-corrected chi connectivity index (χ3v) is 1.74. The SMILES string of the molecule is CC(C)(C)c1cccc(C(=O)O)n1. The van der Waals surface area contributed by atoms with Crippen molar-refractivity contribution in [3.05, 3.63) is 29.6 Å². The van der Waals surface area contributed by atoms with Gasteiger partial charge in [-0.15, -0.1) is 0 Å². The Bertz CT molecular complexity index is 326. The zero-order valence-electron chi connectivity index (χ0n) is 8.03. The second kappa shape index (κ2) is 3.17. The summed E-state index contributed by atoms with van der Waals surface area (Å²) < 4.78 is 0. The van der Waals surface area contributed by atoms with Gasteiger partial charge in [-0.1, -0.05) is 26.8 Å². The minimum atomic E-state index is -0.980. The second-order valence-electron chi connectivity index (χ2n) is 3.96. The lowest BCUT2D eigenvalue weighted by Gasteiger charge is -2.17. The molecule has 0 aliphatic heterocycles. The first kappa shape index (κ1) is 9.71. The third kappa shape index (κ3) is 2.28. The van der Waals surface area contributed by atoms with Crippen LogP contribution in [0, 0.1) is 0 Å². The van der Waals surface area contributed by atoms with Gasteiger partial charge in [0, 0.05) is 11.1 Å². The number of nitrogens with zero attached hydrogens (tertiary/aromatic N) is 1. The molecule has 3 heteroatoms. The van der Waals surface area contributed by atoms with Crippen LogP contribution in [-0.4, -0.2) is 16.1 Å². The standard InChI is InChI=1S/C10H13NO2/c1-10(2,3)8-6-4-5-7(11-8)9(12)13/h4-6H,1-3H3,(H,12,13). The number of hydrogen-bond acceptors (Lipinski definition) is 2. The first-order valence-electron chi connectivity index (χ1n) is 4.12. The van der Waals surface area contributed by atoms with Crippen molar-refractivity contribution < 1.29 is 9.90 Å². The van der Waals surface area contributed by atoms with E-state index in [4.69, 9.17) is 5.11 Å². The normalized spacial score (nSPS) is 11.3. The van der Waals surface area contributed by atoms with Gasteiger partial charge in [0.05, 0.1) is 0 Å². The summed E-state index contributed by atoms with van der Waals surface area (Å²) in [7, 11) is 0. The fourth-order valence-corrected chi connectivity index (χ4v) is 0.972. The predicted octanol–water partition coefficient (Wildman–Crippen LogP) is 2.08. The summed E-state index contributed by atoms with van der Waals surface area (Å²) in [6.07, 6.45) is 0. The monoisotopic (exact) mass is 179 g/mol. The molecule has 0 aliphatic rings. The molecule has 1 rings (SSSR count). The topological polar surface area (TPSA) is 50.2 Å². The molecule has 0 spiro atoms. The van der Waals surface area contributed by atoms with E-state index in [1.54, 1.807) is 6.07 Å². The molecule has 3 nitrogen and oxygen atoms in total. The van der Waals surface area contributed by atoms with Gasteiger partial charge >= 0.3 is 5.97 Å². The maximum atomic E-state index is 10.6. The van der Waals surface area contributed by atoms with Crippen LogP contribution in [0.4, 0.5) is 0 Å². The van der Waals surface area contributed by atoms with Gasteiger partial charge in [0.2, 0.25) is 0 Å². The fourth-order valence-electron chi connectivity index (χ4n) is 0.972. The van der Waals surface area contributed by atoms with Gasteiger partial charge in [0.1, 0.15) is 5.69 Å². The zero-order valence-corrected chi connectivity index (χ0v) is 8.03. The Hall–Kier alpha value is -1.38. The van der Waals surface area contributed by atoms with Crippen LogP contribution >= 0.6 is 0 Å². The van der Waals surface area contributed by atoms with Crippen molar-refractivity contribution in [2.24, 2.45) is 0 Å². The predicted molar refractivity (Wildman–Crippen MR) is 49.9 cm³/mol. The van der Waals surface area contributed by atoms with E-state index in [-0.39, 0.29) is 11.1 Å². The van der Waals surface area contributed by atoms with Crippen LogP contribution in [-0.2, 0) is 5.41 Å². The van der Waals surface area contributed by atoms with E-state index in [1.165, 1.54) is 6.07 Å². The second-order valence-corrected chi connectivity index (χ2v) is 3.96. The molecule has 0 unspecified atom stereocenters. The van der Waals surface area contributed by atoms with Gasteiger partial charge in [-0.05, 0) is 12.1 Å². The molecule has 0 saturated heterocycles. The van der Waals surface area contributed by atoms with Crippen LogP contribution < -0.4 is 0 Å². The molecule has 0 aliphatic carbocycles. The van der Waals surface area contributed by atoms with Crippen molar-refractivity contribution in [1.29, 1.82) is 0 Å². The largest absolute Gasteiger partial charge is 0.477 e. The Kier molecular flexibility index (Phi) is 2.36. The quantitative estimate of drug-likeness (QED) is 0.718. The highest BCUT2D eigenvalue weighted by Gasteiger charge is 2.16. The fraction of sp³-hybridized carbons (Fsp3) is 0.400. The van der Waals surface area contributed by atoms with E-state index >= 15 is 0 Å². The average molecular weight is 179 g/mol. The molecule has 0 bridgehead atoms. The highest BCUT2D eigenvalue weighted by Crippen LogP contribution is 2.19. The molecule has 1 heterocycles. The molecule has 1 N–H and O–H groups in total. The molecule has 0 saturated carbocycles. The van der Waals surface area contributed by atoms with Crippen molar-refractivity contribution in [3.8, 4) is 0 Å². The highest BCUT2D eigenvalue weighted by molar-refractivity contribution is 5.85. The molecular weight excluding hydrogens is 166 g/mol. The smallest absolute Gasteiger partial charge is 0.354 e. The molecule has 0 atom stereocenters. The number of carbonyl (C=O) groups is 1. The third-order valence-electron chi connectivity index (χ3n) is 1.74. The number of rotatable bonds is 1. The van der Waals surface area contributed by atoms with Crippen molar-refractivity contribution in [3.63, 3.8) is 0 Å². The van der Waals surface area contributed by atoms with Crippen LogP contribution in [0.2, 0.25) is 0 Å². The zero-order chi connectivity index (χ0) is 10.1. The van der Waals surface area contributed by atoms with Gasteiger partial charge in [0.25, 0.3) is 0 Å². The number of pyridine rings is 1. The van der Waals surface area contributed by atoms with Gasteiger partial charge < -0.3 is 5.11 Å². The number of aromatic nitrogens is 1. The van der Waals surface area contributed by atoms with E-state index in [2.05, 4.69) is 4.98 Å². The summed E-state index contributed by atoms with van der Waals surface area (Å²) in [5.74, 6) is -0.980. The van der Waals surface area contributed by atoms with E-state index in [0.717, 1.165) is 5.69 Å². The van der Waals surface area contributed by atoms with Crippen molar-refractivity contribution in [1.82, 2.24) is 4.98 Å². The Labute approximate surface area is 77.4 Å². The Balaban J connectivity index is 3.13. The first-order chi connectivity index (χ1) is 5.91. The Morgan fingerprint density at radius 3 is 2.46 bits per heavy atom. The summed E-state index contributed by atoms with van der Waals surface area (Å²) in [6.45, 7) is 6.00. The van der Waals surface area contributed by atoms with E-state index in [0.29, 0.717) is 0 Å². The van der Waals surface area contributed by atoms with Gasteiger partial charge in [0.15, 0.2) is 0 Å². The lowest BCUT2D eigenvalue weighted by molar-refractivity contribution is 0.0690. The minimum absolute atomic E-state index is 0.104. The summed E-state index contributed by atoms with van der Waals surface area (Å²) in [4.78, 5) is 14.7. The Morgan fingerprint density at radius 1 is 1.38 bits per heavy atom. The molecule has 0 fully saturated rings. The van der Waals surface area contributed by atoms with Crippen LogP contribution in [0.1, 0.15) is 37.0 Å². The molecule has 13 heavy (non-hydrogen) atoms. The molecule has 1 aromatic heterocycles. The molecule has 0 radical (unpaired) electrons. The molecular formula is C10H13NO2. The van der Waals surface area contributed by atoms with Gasteiger partial charge in [-0.25, -0.2) is 9.78 Å². The van der Waals surface area contributed by atoms with E-state index in [9.17, 15) is 4.79 Å². The summed E-state index contributed by atoms with van der Waals surface area (Å²) in [5.41, 5.74) is 0.797. The number of hydrogen-bond donors (Lipinski definition) is 1. The van der Waals surface area contributed by atoms with Crippen LogP contribution in [0.5, 0.6) is 0 Å². The first-order valence-corrected chi connectivity index (χ1v) is 4.12. The lowest BCUT2D eigenvalue weighted by Crippen LogP contribution is -2.15. The maximum Gasteiger partial charge on any atom is 0.354 e. The number of aromatic carboxylic acids is 1. The molecule has 70 valence electrons. The Morgan fingerprint density at radius 2 is 2.00 bits per heavy atom. The van der Waals surface area contributed by atoms with Crippen molar-refractivity contribution in [2.75, 3.05) is 0 Å². The summed E-state index contributed by atoms with van der Waals surface area (Å²) in [5, 5.41) is 8.71. The van der Waals surface area contributed by atoms with Gasteiger partial charge in [-0.3, -0.25) is 0 Å².